The SMILES string of the molecule is CC1(c2ccccc2)C[C@H]1C(=O)O. The maximum absolute atomic E-state index is 10.8. The van der Waals surface area contributed by atoms with Gasteiger partial charge in [-0.3, -0.25) is 4.79 Å². The molecule has 1 fully saturated rings. The van der Waals surface area contributed by atoms with E-state index in [1.165, 1.54) is 0 Å². The van der Waals surface area contributed by atoms with Gasteiger partial charge in [0.1, 0.15) is 0 Å². The number of carbonyl (C=O) groups is 1. The van der Waals surface area contributed by atoms with Crippen molar-refractivity contribution in [2.75, 3.05) is 0 Å². The maximum Gasteiger partial charge on any atom is 0.307 e. The van der Waals surface area contributed by atoms with E-state index in [2.05, 4.69) is 0 Å². The van der Waals surface area contributed by atoms with Gasteiger partial charge in [-0.05, 0) is 12.0 Å². The van der Waals surface area contributed by atoms with Crippen LogP contribution >= 0.6 is 0 Å². The lowest BCUT2D eigenvalue weighted by Gasteiger charge is -2.08. The lowest BCUT2D eigenvalue weighted by Crippen LogP contribution is -2.10. The Morgan fingerprint density at radius 1 is 1.46 bits per heavy atom. The predicted octanol–water partition coefficient (Wildman–Crippen LogP) is 2.05. The number of carboxylic acids is 1. The second kappa shape index (κ2) is 2.59. The Bertz CT molecular complexity index is 331. The summed E-state index contributed by atoms with van der Waals surface area (Å²) < 4.78 is 0. The molecular formula is C11H12O2. The minimum atomic E-state index is -0.675. The standard InChI is InChI=1S/C11H12O2/c1-11(7-9(11)10(12)13)8-5-3-2-4-6-8/h2-6,9H,7H2,1H3,(H,12,13)/t9-,11?/m0/s1. The van der Waals surface area contributed by atoms with Crippen LogP contribution in [-0.2, 0) is 10.2 Å². The zero-order valence-electron chi connectivity index (χ0n) is 7.53. The molecule has 0 amide bonds. The molecule has 1 aliphatic carbocycles. The molecule has 1 aromatic rings. The normalized spacial score (nSPS) is 31.3. The lowest BCUT2D eigenvalue weighted by atomic mass is 9.96. The van der Waals surface area contributed by atoms with Crippen LogP contribution in [0.3, 0.4) is 0 Å². The van der Waals surface area contributed by atoms with E-state index in [4.69, 9.17) is 5.11 Å². The Balaban J connectivity index is 2.25. The number of hydrogen-bond acceptors (Lipinski definition) is 1. The smallest absolute Gasteiger partial charge is 0.307 e. The third-order valence-corrected chi connectivity index (χ3v) is 2.97. The first-order valence-corrected chi connectivity index (χ1v) is 4.43. The molecule has 0 aliphatic heterocycles. The largest absolute Gasteiger partial charge is 0.481 e. The highest BCUT2D eigenvalue weighted by Gasteiger charge is 2.55. The molecule has 2 atom stereocenters. The summed E-state index contributed by atoms with van der Waals surface area (Å²) in [6.07, 6.45) is 0.770. The number of benzene rings is 1. The molecule has 0 saturated heterocycles. The molecule has 1 N–H and O–H groups in total. The fourth-order valence-corrected chi connectivity index (χ4v) is 1.86. The van der Waals surface area contributed by atoms with E-state index < -0.39 is 5.97 Å². The fraction of sp³-hybridized carbons (Fsp3) is 0.364. The first-order chi connectivity index (χ1) is 6.14. The first-order valence-electron chi connectivity index (χ1n) is 4.43. The number of rotatable bonds is 2. The van der Waals surface area contributed by atoms with Crippen LogP contribution in [0, 0.1) is 5.92 Å². The molecule has 0 spiro atoms. The summed E-state index contributed by atoms with van der Waals surface area (Å²) in [6, 6.07) is 9.87. The average Bonchev–Trinajstić information content (AvgIpc) is 2.82. The molecule has 68 valence electrons. The quantitative estimate of drug-likeness (QED) is 0.748. The van der Waals surface area contributed by atoms with Crippen LogP contribution in [0.2, 0.25) is 0 Å². The minimum absolute atomic E-state index is 0.118. The first kappa shape index (κ1) is 8.30. The Hall–Kier alpha value is -1.31. The number of hydrogen-bond donors (Lipinski definition) is 1. The highest BCUT2D eigenvalue weighted by Crippen LogP contribution is 2.53. The van der Waals surface area contributed by atoms with E-state index in [-0.39, 0.29) is 11.3 Å². The zero-order valence-corrected chi connectivity index (χ0v) is 7.53. The van der Waals surface area contributed by atoms with E-state index in [9.17, 15) is 4.79 Å². The average molecular weight is 176 g/mol. The van der Waals surface area contributed by atoms with Gasteiger partial charge in [0.2, 0.25) is 0 Å². The van der Waals surface area contributed by atoms with Crippen LogP contribution in [-0.4, -0.2) is 11.1 Å². The summed E-state index contributed by atoms with van der Waals surface area (Å²) in [4.78, 5) is 10.8. The van der Waals surface area contributed by atoms with Crippen LogP contribution in [0.4, 0.5) is 0 Å². The van der Waals surface area contributed by atoms with Gasteiger partial charge in [0, 0.05) is 5.41 Å². The van der Waals surface area contributed by atoms with Crippen molar-refractivity contribution in [3.05, 3.63) is 35.9 Å². The van der Waals surface area contributed by atoms with Crippen LogP contribution in [0.1, 0.15) is 18.9 Å². The molecular weight excluding hydrogens is 164 g/mol. The predicted molar refractivity (Wildman–Crippen MR) is 49.5 cm³/mol. The van der Waals surface area contributed by atoms with Crippen molar-refractivity contribution in [1.29, 1.82) is 0 Å². The fourth-order valence-electron chi connectivity index (χ4n) is 1.86. The molecule has 0 radical (unpaired) electrons. The van der Waals surface area contributed by atoms with Gasteiger partial charge in [0.25, 0.3) is 0 Å². The molecule has 1 aliphatic rings. The third kappa shape index (κ3) is 1.22. The van der Waals surface area contributed by atoms with E-state index in [1.807, 2.05) is 37.3 Å². The van der Waals surface area contributed by atoms with Gasteiger partial charge in [-0.25, -0.2) is 0 Å². The summed E-state index contributed by atoms with van der Waals surface area (Å²) in [6.45, 7) is 2.02. The topological polar surface area (TPSA) is 37.3 Å². The van der Waals surface area contributed by atoms with Crippen molar-refractivity contribution in [3.8, 4) is 0 Å². The lowest BCUT2D eigenvalue weighted by molar-refractivity contribution is -0.138. The Labute approximate surface area is 77.2 Å². The van der Waals surface area contributed by atoms with Gasteiger partial charge in [-0.2, -0.15) is 0 Å². The van der Waals surface area contributed by atoms with E-state index in [1.54, 1.807) is 0 Å². The van der Waals surface area contributed by atoms with Gasteiger partial charge < -0.3 is 5.11 Å². The molecule has 1 unspecified atom stereocenters. The van der Waals surface area contributed by atoms with Gasteiger partial charge in [0.05, 0.1) is 5.92 Å². The van der Waals surface area contributed by atoms with E-state index >= 15 is 0 Å². The van der Waals surface area contributed by atoms with Crippen LogP contribution in [0.25, 0.3) is 0 Å². The molecule has 2 nitrogen and oxygen atoms in total. The van der Waals surface area contributed by atoms with Crippen molar-refractivity contribution in [3.63, 3.8) is 0 Å². The van der Waals surface area contributed by atoms with Crippen LogP contribution < -0.4 is 0 Å². The maximum atomic E-state index is 10.8. The van der Waals surface area contributed by atoms with Gasteiger partial charge in [0.15, 0.2) is 0 Å². The molecule has 13 heavy (non-hydrogen) atoms. The number of carboxylic acid groups (broad SMARTS) is 1. The minimum Gasteiger partial charge on any atom is -0.481 e. The van der Waals surface area contributed by atoms with Crippen LogP contribution in [0.15, 0.2) is 30.3 Å². The van der Waals surface area contributed by atoms with Crippen molar-refractivity contribution in [1.82, 2.24) is 0 Å². The van der Waals surface area contributed by atoms with E-state index in [0.717, 1.165) is 12.0 Å². The summed E-state index contributed by atoms with van der Waals surface area (Å²) >= 11 is 0. The molecule has 2 rings (SSSR count). The summed E-state index contributed by atoms with van der Waals surface area (Å²) in [5.74, 6) is -0.860. The monoisotopic (exact) mass is 176 g/mol. The molecule has 2 heteroatoms. The highest BCUT2D eigenvalue weighted by atomic mass is 16.4. The third-order valence-electron chi connectivity index (χ3n) is 2.97. The van der Waals surface area contributed by atoms with Crippen LogP contribution in [0.5, 0.6) is 0 Å². The van der Waals surface area contributed by atoms with Crippen molar-refractivity contribution in [2.24, 2.45) is 5.92 Å². The zero-order chi connectivity index (χ0) is 9.47. The Morgan fingerprint density at radius 3 is 2.54 bits per heavy atom. The van der Waals surface area contributed by atoms with E-state index in [0.29, 0.717) is 0 Å². The molecule has 0 bridgehead atoms. The van der Waals surface area contributed by atoms with Crippen molar-refractivity contribution < 1.29 is 9.90 Å². The Kier molecular flexibility index (Phi) is 1.65. The number of aliphatic carboxylic acids is 1. The summed E-state index contributed by atoms with van der Waals surface area (Å²) in [7, 11) is 0. The van der Waals surface area contributed by atoms with Gasteiger partial charge >= 0.3 is 5.97 Å². The molecule has 0 aromatic heterocycles. The summed E-state index contributed by atoms with van der Waals surface area (Å²) in [5, 5.41) is 8.85. The molecule has 0 heterocycles. The van der Waals surface area contributed by atoms with Crippen molar-refractivity contribution in [2.45, 2.75) is 18.8 Å². The van der Waals surface area contributed by atoms with Gasteiger partial charge in [-0.15, -0.1) is 0 Å². The van der Waals surface area contributed by atoms with Gasteiger partial charge in [-0.1, -0.05) is 37.3 Å². The second-order valence-corrected chi connectivity index (χ2v) is 3.88. The molecule has 1 saturated carbocycles. The molecule has 1 aromatic carbocycles. The van der Waals surface area contributed by atoms with Crippen molar-refractivity contribution >= 4 is 5.97 Å². The second-order valence-electron chi connectivity index (χ2n) is 3.88. The Morgan fingerprint density at radius 2 is 2.08 bits per heavy atom. The highest BCUT2D eigenvalue weighted by molar-refractivity contribution is 5.77. The summed E-state index contributed by atoms with van der Waals surface area (Å²) in [5.41, 5.74) is 1.02.